The Hall–Kier alpha value is -2.37. The second-order valence-corrected chi connectivity index (χ2v) is 4.66. The van der Waals surface area contributed by atoms with Gasteiger partial charge >= 0.3 is 17.9 Å². The van der Waals surface area contributed by atoms with Crippen LogP contribution in [0.4, 0.5) is 0 Å². The zero-order valence-corrected chi connectivity index (χ0v) is 16.0. The first-order chi connectivity index (χ1) is 11.8. The smallest absolute Gasteiger partial charge is 0.333 e. The van der Waals surface area contributed by atoms with Gasteiger partial charge in [-0.3, -0.25) is 0 Å². The Morgan fingerprint density at radius 2 is 1.08 bits per heavy atom. The van der Waals surface area contributed by atoms with Crippen molar-refractivity contribution in [3.63, 3.8) is 0 Å². The molecule has 0 fully saturated rings. The first-order valence-electron chi connectivity index (χ1n) is 8.21. The molecule has 0 bridgehead atoms. The quantitative estimate of drug-likeness (QED) is 0.355. The molecule has 0 aliphatic carbocycles. The molecule has 0 unspecified atom stereocenters. The number of carbonyl (C=O) groups is 3. The summed E-state index contributed by atoms with van der Waals surface area (Å²) in [7, 11) is 0. The van der Waals surface area contributed by atoms with Gasteiger partial charge in [-0.2, -0.15) is 0 Å². The molecule has 144 valence electrons. The van der Waals surface area contributed by atoms with Crippen molar-refractivity contribution in [2.75, 3.05) is 19.8 Å². The van der Waals surface area contributed by atoms with E-state index >= 15 is 0 Å². The molecule has 0 aliphatic rings. The Kier molecular flexibility index (Phi) is 23.8. The van der Waals surface area contributed by atoms with Crippen molar-refractivity contribution in [1.29, 1.82) is 0 Å². The maximum Gasteiger partial charge on any atom is 0.333 e. The minimum absolute atomic E-state index is 0.295. The highest BCUT2D eigenvalue weighted by molar-refractivity contribution is 5.86. The van der Waals surface area contributed by atoms with E-state index in [0.29, 0.717) is 25.4 Å². The molecule has 25 heavy (non-hydrogen) atoms. The molecule has 0 aromatic carbocycles. The summed E-state index contributed by atoms with van der Waals surface area (Å²) in [5.41, 5.74) is 0.462. The Bertz CT molecular complexity index is 388. The third-order valence-electron chi connectivity index (χ3n) is 2.02. The Morgan fingerprint density at radius 1 is 0.760 bits per heavy atom. The van der Waals surface area contributed by atoms with Crippen molar-refractivity contribution in [3.8, 4) is 0 Å². The maximum absolute atomic E-state index is 10.6. The van der Waals surface area contributed by atoms with Crippen LogP contribution in [-0.2, 0) is 28.6 Å². The molecule has 0 aliphatic heterocycles. The average Bonchev–Trinajstić information content (AvgIpc) is 2.62. The van der Waals surface area contributed by atoms with E-state index in [1.54, 1.807) is 6.92 Å². The van der Waals surface area contributed by atoms with E-state index in [1.807, 2.05) is 20.8 Å². The molecule has 6 heteroatoms. The highest BCUT2D eigenvalue weighted by Crippen LogP contribution is 1.91. The van der Waals surface area contributed by atoms with Crippen molar-refractivity contribution in [3.05, 3.63) is 37.5 Å². The van der Waals surface area contributed by atoms with Crippen LogP contribution >= 0.6 is 0 Å². The van der Waals surface area contributed by atoms with Crippen molar-refractivity contribution in [2.24, 2.45) is 0 Å². The predicted octanol–water partition coefficient (Wildman–Crippen LogP) is 3.77. The van der Waals surface area contributed by atoms with Crippen LogP contribution in [0, 0.1) is 0 Å². The molecule has 0 heterocycles. The van der Waals surface area contributed by atoms with Gasteiger partial charge in [0.15, 0.2) is 0 Å². The number of ether oxygens (including phenoxy) is 3. The van der Waals surface area contributed by atoms with E-state index in [-0.39, 0.29) is 17.9 Å². The summed E-state index contributed by atoms with van der Waals surface area (Å²) in [6.07, 6.45) is 4.91. The lowest BCUT2D eigenvalue weighted by Crippen LogP contribution is -2.04. The van der Waals surface area contributed by atoms with E-state index in [1.165, 1.54) is 0 Å². The van der Waals surface area contributed by atoms with Gasteiger partial charge in [0.05, 0.1) is 19.8 Å². The van der Waals surface area contributed by atoms with Gasteiger partial charge in [0.25, 0.3) is 0 Å². The molecule has 0 saturated carbocycles. The summed E-state index contributed by atoms with van der Waals surface area (Å²) in [6.45, 7) is 18.9. The van der Waals surface area contributed by atoms with Gasteiger partial charge in [0.1, 0.15) is 0 Å². The molecular formula is C19H32O6. The number of esters is 3. The van der Waals surface area contributed by atoms with Gasteiger partial charge < -0.3 is 14.2 Å². The fourth-order valence-corrected chi connectivity index (χ4v) is 0.841. The SMILES string of the molecule is C=C(C)C(=O)OCCC.C=CC(=O)OCCC.C=CC(=O)OCCC. The van der Waals surface area contributed by atoms with Gasteiger partial charge in [0, 0.05) is 17.7 Å². The Labute approximate surface area is 151 Å². The largest absolute Gasteiger partial charge is 0.463 e. The third kappa shape index (κ3) is 26.8. The zero-order valence-electron chi connectivity index (χ0n) is 16.0. The summed E-state index contributed by atoms with van der Waals surface area (Å²) < 4.78 is 13.9. The molecule has 0 radical (unpaired) electrons. The second kappa shape index (κ2) is 21.6. The van der Waals surface area contributed by atoms with Gasteiger partial charge in [-0.1, -0.05) is 40.5 Å². The minimum atomic E-state index is -0.341. The molecule has 0 aromatic heterocycles. The van der Waals surface area contributed by atoms with Crippen LogP contribution in [0.15, 0.2) is 37.5 Å². The monoisotopic (exact) mass is 356 g/mol. The van der Waals surface area contributed by atoms with Gasteiger partial charge in [-0.15, -0.1) is 0 Å². The molecule has 0 rings (SSSR count). The van der Waals surface area contributed by atoms with E-state index in [2.05, 4.69) is 29.2 Å². The van der Waals surface area contributed by atoms with E-state index < -0.39 is 0 Å². The summed E-state index contributed by atoms with van der Waals surface area (Å²) in [6, 6.07) is 0. The second-order valence-electron chi connectivity index (χ2n) is 4.66. The van der Waals surface area contributed by atoms with Crippen LogP contribution in [-0.4, -0.2) is 37.7 Å². The van der Waals surface area contributed by atoms with Crippen LogP contribution in [0.2, 0.25) is 0 Å². The predicted molar refractivity (Wildman–Crippen MR) is 99.0 cm³/mol. The van der Waals surface area contributed by atoms with Crippen molar-refractivity contribution in [1.82, 2.24) is 0 Å². The van der Waals surface area contributed by atoms with Crippen molar-refractivity contribution >= 4 is 17.9 Å². The Morgan fingerprint density at radius 3 is 1.32 bits per heavy atom. The molecule has 0 amide bonds. The lowest BCUT2D eigenvalue weighted by molar-refractivity contribution is -0.139. The Balaban J connectivity index is -0.000000291. The van der Waals surface area contributed by atoms with Crippen LogP contribution in [0.5, 0.6) is 0 Å². The summed E-state index contributed by atoms with van der Waals surface area (Å²) >= 11 is 0. The number of hydrogen-bond donors (Lipinski definition) is 0. The van der Waals surface area contributed by atoms with Crippen LogP contribution in [0.1, 0.15) is 47.0 Å². The molecule has 0 spiro atoms. The van der Waals surface area contributed by atoms with Crippen LogP contribution in [0.3, 0.4) is 0 Å². The van der Waals surface area contributed by atoms with Gasteiger partial charge in [-0.25, -0.2) is 14.4 Å². The average molecular weight is 356 g/mol. The zero-order chi connectivity index (χ0) is 20.1. The summed E-state index contributed by atoms with van der Waals surface area (Å²) in [4.78, 5) is 31.0. The fraction of sp³-hybridized carbons (Fsp3) is 0.526. The lowest BCUT2D eigenvalue weighted by Gasteiger charge is -1.99. The topological polar surface area (TPSA) is 78.9 Å². The molecule has 0 saturated heterocycles. The lowest BCUT2D eigenvalue weighted by atomic mass is 10.4. The highest BCUT2D eigenvalue weighted by Gasteiger charge is 1.99. The normalized spacial score (nSPS) is 8.32. The first-order valence-corrected chi connectivity index (χ1v) is 8.21. The van der Waals surface area contributed by atoms with Crippen LogP contribution in [0.25, 0.3) is 0 Å². The highest BCUT2D eigenvalue weighted by atomic mass is 16.5. The number of rotatable bonds is 9. The maximum atomic E-state index is 10.6. The third-order valence-corrected chi connectivity index (χ3v) is 2.02. The molecule has 0 atom stereocenters. The van der Waals surface area contributed by atoms with Crippen molar-refractivity contribution < 1.29 is 28.6 Å². The van der Waals surface area contributed by atoms with E-state index in [4.69, 9.17) is 4.74 Å². The van der Waals surface area contributed by atoms with Crippen LogP contribution < -0.4 is 0 Å². The summed E-state index contributed by atoms with van der Waals surface area (Å²) in [5.74, 6) is -0.976. The first kappa shape index (κ1) is 27.5. The van der Waals surface area contributed by atoms with Gasteiger partial charge in [-0.05, 0) is 26.2 Å². The van der Waals surface area contributed by atoms with Gasteiger partial charge in [0.2, 0.25) is 0 Å². The minimum Gasteiger partial charge on any atom is -0.463 e. The number of carbonyl (C=O) groups excluding carboxylic acids is 3. The molecule has 6 nitrogen and oxygen atoms in total. The van der Waals surface area contributed by atoms with E-state index in [0.717, 1.165) is 31.4 Å². The standard InChI is InChI=1S/C7H12O2.2C6H10O2/c1-4-5-9-7(8)6(2)3;2*1-3-5-8-6(7)4-2/h2,4-5H2,1,3H3;2*4H,2-3,5H2,1H3. The summed E-state index contributed by atoms with van der Waals surface area (Å²) in [5, 5.41) is 0. The van der Waals surface area contributed by atoms with Crippen molar-refractivity contribution in [2.45, 2.75) is 47.0 Å². The van der Waals surface area contributed by atoms with E-state index in [9.17, 15) is 14.4 Å². The molecular weight excluding hydrogens is 324 g/mol. The fourth-order valence-electron chi connectivity index (χ4n) is 0.841. The molecule has 0 aromatic rings. The number of hydrogen-bond acceptors (Lipinski definition) is 6. The molecule has 0 N–H and O–H groups in total.